The van der Waals surface area contributed by atoms with E-state index < -0.39 is 11.0 Å². The van der Waals surface area contributed by atoms with E-state index in [9.17, 15) is 20.0 Å². The molecule has 1 saturated heterocycles. The van der Waals surface area contributed by atoms with Gasteiger partial charge in [0.15, 0.2) is 0 Å². The first-order valence-corrected chi connectivity index (χ1v) is 9.44. The number of rotatable bonds is 6. The fourth-order valence-corrected chi connectivity index (χ4v) is 3.64. The van der Waals surface area contributed by atoms with Gasteiger partial charge < -0.3 is 10.4 Å². The first-order chi connectivity index (χ1) is 13.4. The number of hydrogen-bond acceptors (Lipinski definition) is 5. The minimum Gasteiger partial charge on any atom is -0.388 e. The third-order valence-electron chi connectivity index (χ3n) is 5.21. The summed E-state index contributed by atoms with van der Waals surface area (Å²) in [5, 5.41) is 24.4. The van der Waals surface area contributed by atoms with Gasteiger partial charge in [-0.3, -0.25) is 19.8 Å². The van der Waals surface area contributed by atoms with Crippen molar-refractivity contribution < 1.29 is 14.8 Å². The maximum atomic E-state index is 12.4. The van der Waals surface area contributed by atoms with Gasteiger partial charge in [0, 0.05) is 6.07 Å². The molecule has 7 nitrogen and oxygen atoms in total. The normalized spacial score (nSPS) is 16.5. The molecule has 1 fully saturated rings. The number of hydrogen-bond donors (Lipinski definition) is 2. The Hall–Kier alpha value is -2.77. The molecular formula is C21H25N3O4. The first kappa shape index (κ1) is 20.0. The van der Waals surface area contributed by atoms with Crippen LogP contribution in [0.25, 0.3) is 0 Å². The maximum absolute atomic E-state index is 12.4. The second-order valence-corrected chi connectivity index (χ2v) is 7.29. The van der Waals surface area contributed by atoms with Gasteiger partial charge >= 0.3 is 0 Å². The summed E-state index contributed by atoms with van der Waals surface area (Å²) >= 11 is 0. The average Bonchev–Trinajstić information content (AvgIpc) is 2.70. The molecule has 1 aliphatic heterocycles. The minimum absolute atomic E-state index is 0.0990. The van der Waals surface area contributed by atoms with Crippen molar-refractivity contribution in [1.29, 1.82) is 0 Å². The van der Waals surface area contributed by atoms with E-state index in [2.05, 4.69) is 5.32 Å². The molecule has 2 aromatic rings. The molecule has 0 radical (unpaired) electrons. The molecular weight excluding hydrogens is 358 g/mol. The second kappa shape index (κ2) is 8.95. The molecule has 1 aliphatic rings. The summed E-state index contributed by atoms with van der Waals surface area (Å²) in [4.78, 5) is 25.1. The quantitative estimate of drug-likeness (QED) is 0.589. The van der Waals surface area contributed by atoms with Crippen LogP contribution in [0.15, 0.2) is 48.5 Å². The Morgan fingerprint density at radius 3 is 2.57 bits per heavy atom. The summed E-state index contributed by atoms with van der Waals surface area (Å²) in [7, 11) is 0. The van der Waals surface area contributed by atoms with Gasteiger partial charge in [0.05, 0.1) is 17.6 Å². The number of piperidine rings is 1. The van der Waals surface area contributed by atoms with E-state index in [0.717, 1.165) is 24.0 Å². The van der Waals surface area contributed by atoms with E-state index in [-0.39, 0.29) is 29.7 Å². The molecule has 1 amide bonds. The Labute approximate surface area is 164 Å². The number of likely N-dealkylation sites (tertiary alicyclic amines) is 1. The van der Waals surface area contributed by atoms with E-state index in [1.165, 1.54) is 6.07 Å². The van der Waals surface area contributed by atoms with E-state index in [0.29, 0.717) is 13.1 Å². The van der Waals surface area contributed by atoms with Gasteiger partial charge in [-0.1, -0.05) is 36.4 Å². The number of nitrogens with zero attached hydrogens (tertiary/aromatic N) is 2. The number of carbonyl (C=O) groups excluding carboxylic acids is 1. The highest BCUT2D eigenvalue weighted by atomic mass is 16.6. The summed E-state index contributed by atoms with van der Waals surface area (Å²) in [6, 6.07) is 14.4. The molecule has 2 N–H and O–H groups in total. The number of aryl methyl sites for hydroxylation is 1. The molecule has 0 aliphatic carbocycles. The zero-order chi connectivity index (χ0) is 20.1. The van der Waals surface area contributed by atoms with Gasteiger partial charge in [-0.05, 0) is 56.0 Å². The number of carbonyl (C=O) groups is 1. The van der Waals surface area contributed by atoms with Crippen LogP contribution in [0.4, 0.5) is 11.4 Å². The highest BCUT2D eigenvalue weighted by Gasteiger charge is 2.27. The Kier molecular flexibility index (Phi) is 6.38. The van der Waals surface area contributed by atoms with Crippen LogP contribution in [0, 0.1) is 23.0 Å². The molecule has 1 atom stereocenters. The van der Waals surface area contributed by atoms with Crippen molar-refractivity contribution in [2.45, 2.75) is 25.9 Å². The van der Waals surface area contributed by atoms with Gasteiger partial charge in [-0.25, -0.2) is 0 Å². The van der Waals surface area contributed by atoms with Crippen molar-refractivity contribution in [3.63, 3.8) is 0 Å². The zero-order valence-electron chi connectivity index (χ0n) is 15.9. The van der Waals surface area contributed by atoms with Crippen molar-refractivity contribution in [3.05, 3.63) is 69.8 Å². The van der Waals surface area contributed by atoms with Crippen molar-refractivity contribution >= 4 is 17.3 Å². The number of nitrogens with one attached hydrogen (secondary N) is 1. The van der Waals surface area contributed by atoms with Crippen LogP contribution in [0.2, 0.25) is 0 Å². The summed E-state index contributed by atoms with van der Waals surface area (Å²) in [6.07, 6.45) is 1.11. The van der Waals surface area contributed by atoms with E-state index in [1.807, 2.05) is 35.2 Å². The molecule has 1 unspecified atom stereocenters. The summed E-state index contributed by atoms with van der Waals surface area (Å²) in [6.45, 7) is 3.36. The number of nitro groups is 1. The number of benzene rings is 2. The summed E-state index contributed by atoms with van der Waals surface area (Å²) in [5.74, 6) is -0.103. The Morgan fingerprint density at radius 2 is 1.93 bits per heavy atom. The van der Waals surface area contributed by atoms with Gasteiger partial charge in [-0.2, -0.15) is 0 Å². The molecule has 0 spiro atoms. The van der Waals surface area contributed by atoms with Gasteiger partial charge in [0.2, 0.25) is 5.91 Å². The first-order valence-electron chi connectivity index (χ1n) is 9.44. The van der Waals surface area contributed by atoms with E-state index in [4.69, 9.17) is 0 Å². The zero-order valence-corrected chi connectivity index (χ0v) is 15.9. The van der Waals surface area contributed by atoms with Crippen molar-refractivity contribution in [3.8, 4) is 0 Å². The fourth-order valence-electron chi connectivity index (χ4n) is 3.64. The average molecular weight is 383 g/mol. The lowest BCUT2D eigenvalue weighted by molar-refractivity contribution is -0.384. The monoisotopic (exact) mass is 383 g/mol. The van der Waals surface area contributed by atoms with Crippen LogP contribution in [-0.2, 0) is 4.79 Å². The SMILES string of the molecule is Cc1ccc(NC(=O)CN2CCC(C(O)c3ccccc3)CC2)c([N+](=O)[O-])c1. The number of aliphatic hydroxyl groups is 1. The number of amides is 1. The minimum atomic E-state index is -0.493. The largest absolute Gasteiger partial charge is 0.388 e. The lowest BCUT2D eigenvalue weighted by Gasteiger charge is -2.33. The van der Waals surface area contributed by atoms with Gasteiger partial charge in [0.1, 0.15) is 5.69 Å². The van der Waals surface area contributed by atoms with Crippen LogP contribution in [0.5, 0.6) is 0 Å². The smallest absolute Gasteiger partial charge is 0.293 e. The Morgan fingerprint density at radius 1 is 1.25 bits per heavy atom. The molecule has 0 aromatic heterocycles. The van der Waals surface area contributed by atoms with E-state index in [1.54, 1.807) is 19.1 Å². The highest BCUT2D eigenvalue weighted by Crippen LogP contribution is 2.30. The molecule has 28 heavy (non-hydrogen) atoms. The van der Waals surface area contributed by atoms with Gasteiger partial charge in [0.25, 0.3) is 5.69 Å². The molecule has 1 heterocycles. The lowest BCUT2D eigenvalue weighted by atomic mass is 9.87. The summed E-state index contributed by atoms with van der Waals surface area (Å²) in [5.41, 5.74) is 1.81. The standard InChI is InChI=1S/C21H25N3O4/c1-15-7-8-18(19(13-15)24(27)28)22-20(25)14-23-11-9-17(10-12-23)21(26)16-5-3-2-4-6-16/h2-8,13,17,21,26H,9-12,14H2,1H3,(H,22,25). The summed E-state index contributed by atoms with van der Waals surface area (Å²) < 4.78 is 0. The van der Waals surface area contributed by atoms with Crippen LogP contribution >= 0.6 is 0 Å². The Bertz CT molecular complexity index is 833. The van der Waals surface area contributed by atoms with Crippen molar-refractivity contribution in [1.82, 2.24) is 4.90 Å². The lowest BCUT2D eigenvalue weighted by Crippen LogP contribution is -2.40. The molecule has 2 aromatic carbocycles. The predicted molar refractivity (Wildman–Crippen MR) is 107 cm³/mol. The third-order valence-corrected chi connectivity index (χ3v) is 5.21. The topological polar surface area (TPSA) is 95.7 Å². The van der Waals surface area contributed by atoms with Crippen LogP contribution in [0.1, 0.15) is 30.1 Å². The number of aliphatic hydroxyl groups excluding tert-OH is 1. The molecule has 148 valence electrons. The molecule has 0 saturated carbocycles. The Balaban J connectivity index is 1.52. The number of nitro benzene ring substituents is 1. The van der Waals surface area contributed by atoms with Crippen LogP contribution in [-0.4, -0.2) is 40.5 Å². The fraction of sp³-hybridized carbons (Fsp3) is 0.381. The molecule has 3 rings (SSSR count). The number of anilines is 1. The van der Waals surface area contributed by atoms with E-state index >= 15 is 0 Å². The van der Waals surface area contributed by atoms with Crippen LogP contribution in [0.3, 0.4) is 0 Å². The third kappa shape index (κ3) is 4.94. The molecule has 7 heteroatoms. The second-order valence-electron chi connectivity index (χ2n) is 7.29. The maximum Gasteiger partial charge on any atom is 0.293 e. The van der Waals surface area contributed by atoms with Crippen LogP contribution < -0.4 is 5.32 Å². The van der Waals surface area contributed by atoms with Crippen molar-refractivity contribution in [2.75, 3.05) is 25.0 Å². The predicted octanol–water partition coefficient (Wildman–Crippen LogP) is 3.29. The molecule has 0 bridgehead atoms. The van der Waals surface area contributed by atoms with Crippen molar-refractivity contribution in [2.24, 2.45) is 5.92 Å². The van der Waals surface area contributed by atoms with Gasteiger partial charge in [-0.15, -0.1) is 0 Å². The highest BCUT2D eigenvalue weighted by molar-refractivity contribution is 5.94.